The molecule has 1 fully saturated rings. The van der Waals surface area contributed by atoms with Crippen molar-refractivity contribution in [2.24, 2.45) is 0 Å². The van der Waals surface area contributed by atoms with Crippen molar-refractivity contribution in [2.45, 2.75) is 32.0 Å². The molecule has 0 unspecified atom stereocenters. The Morgan fingerprint density at radius 2 is 1.86 bits per heavy atom. The number of hydrogen-bond acceptors (Lipinski definition) is 3. The molecule has 1 aliphatic heterocycles. The smallest absolute Gasteiger partial charge is 0.199 e. The molecule has 2 aromatic rings. The van der Waals surface area contributed by atoms with Gasteiger partial charge >= 0.3 is 0 Å². The van der Waals surface area contributed by atoms with E-state index in [9.17, 15) is 0 Å². The average Bonchev–Trinajstić information content (AvgIpc) is 2.58. The zero-order valence-corrected chi connectivity index (χ0v) is 13.0. The van der Waals surface area contributed by atoms with Gasteiger partial charge in [0, 0.05) is 12.8 Å². The monoisotopic (exact) mass is 298 g/mol. The van der Waals surface area contributed by atoms with Crippen LogP contribution in [0.5, 0.6) is 11.5 Å². The molecular weight excluding hydrogens is 276 g/mol. The van der Waals surface area contributed by atoms with Crippen LogP contribution in [-0.4, -0.2) is 20.0 Å². The van der Waals surface area contributed by atoms with Crippen LogP contribution in [0.4, 0.5) is 0 Å². The summed E-state index contributed by atoms with van der Waals surface area (Å²) in [5.41, 5.74) is 2.42. The molecule has 2 aromatic carbocycles. The maximum atomic E-state index is 6.06. The molecule has 0 radical (unpaired) electrons. The van der Waals surface area contributed by atoms with Gasteiger partial charge in [0.25, 0.3) is 0 Å². The Balaban J connectivity index is 1.72. The summed E-state index contributed by atoms with van der Waals surface area (Å²) < 4.78 is 16.9. The van der Waals surface area contributed by atoms with Crippen molar-refractivity contribution in [1.82, 2.24) is 0 Å². The minimum Gasteiger partial charge on any atom is -0.497 e. The zero-order chi connectivity index (χ0) is 15.2. The fraction of sp³-hybridized carbons (Fsp3) is 0.368. The van der Waals surface area contributed by atoms with Crippen LogP contribution in [0.15, 0.2) is 48.5 Å². The minimum atomic E-state index is -0.106. The third-order valence-corrected chi connectivity index (χ3v) is 3.92. The van der Waals surface area contributed by atoms with E-state index in [0.29, 0.717) is 0 Å². The van der Waals surface area contributed by atoms with E-state index in [2.05, 4.69) is 18.2 Å². The lowest BCUT2D eigenvalue weighted by Gasteiger charge is -2.24. The van der Waals surface area contributed by atoms with Crippen LogP contribution in [0.25, 0.3) is 0 Å². The largest absolute Gasteiger partial charge is 0.497 e. The molecule has 0 N–H and O–H groups in total. The summed E-state index contributed by atoms with van der Waals surface area (Å²) in [7, 11) is 1.68. The first-order valence-electron chi connectivity index (χ1n) is 7.84. The molecule has 116 valence electrons. The molecule has 22 heavy (non-hydrogen) atoms. The molecule has 0 spiro atoms. The van der Waals surface area contributed by atoms with Crippen LogP contribution in [-0.2, 0) is 11.2 Å². The lowest BCUT2D eigenvalue weighted by molar-refractivity contribution is -0.106. The summed E-state index contributed by atoms with van der Waals surface area (Å²) >= 11 is 0. The van der Waals surface area contributed by atoms with Gasteiger partial charge in [-0.3, -0.25) is 0 Å². The summed E-state index contributed by atoms with van der Waals surface area (Å²) in [6.45, 7) is 0.797. The third-order valence-electron chi connectivity index (χ3n) is 3.92. The van der Waals surface area contributed by atoms with Crippen molar-refractivity contribution in [3.8, 4) is 11.5 Å². The topological polar surface area (TPSA) is 27.7 Å². The highest BCUT2D eigenvalue weighted by Crippen LogP contribution is 2.25. The van der Waals surface area contributed by atoms with Crippen molar-refractivity contribution in [3.63, 3.8) is 0 Å². The predicted octanol–water partition coefficient (Wildman–Crippen LogP) is 4.19. The molecule has 3 rings (SSSR count). The number of rotatable bonds is 5. The number of methoxy groups -OCH3 is 1. The first-order chi connectivity index (χ1) is 10.8. The molecule has 0 amide bonds. The van der Waals surface area contributed by atoms with E-state index >= 15 is 0 Å². The lowest BCUT2D eigenvalue weighted by Crippen LogP contribution is -2.25. The molecular formula is C19H22O3. The Kier molecular flexibility index (Phi) is 4.96. The van der Waals surface area contributed by atoms with Crippen LogP contribution in [0, 0.1) is 0 Å². The third kappa shape index (κ3) is 3.80. The maximum absolute atomic E-state index is 6.06. The van der Waals surface area contributed by atoms with E-state index in [1.54, 1.807) is 7.11 Å². The molecule has 1 aliphatic rings. The van der Waals surface area contributed by atoms with Crippen LogP contribution in [0.2, 0.25) is 0 Å². The molecule has 0 bridgehead atoms. The molecule has 1 heterocycles. The predicted molar refractivity (Wildman–Crippen MR) is 86.5 cm³/mol. The van der Waals surface area contributed by atoms with Crippen molar-refractivity contribution in [3.05, 3.63) is 59.7 Å². The molecule has 0 aromatic heterocycles. The fourth-order valence-electron chi connectivity index (χ4n) is 2.67. The van der Waals surface area contributed by atoms with Gasteiger partial charge in [-0.25, -0.2) is 0 Å². The lowest BCUT2D eigenvalue weighted by atomic mass is 10.0. The Morgan fingerprint density at radius 3 is 2.59 bits per heavy atom. The first-order valence-corrected chi connectivity index (χ1v) is 7.84. The first kappa shape index (κ1) is 14.9. The summed E-state index contributed by atoms with van der Waals surface area (Å²) in [4.78, 5) is 0. The maximum Gasteiger partial charge on any atom is 0.199 e. The van der Waals surface area contributed by atoms with Crippen molar-refractivity contribution >= 4 is 0 Å². The van der Waals surface area contributed by atoms with Gasteiger partial charge in [0.15, 0.2) is 6.29 Å². The Hall–Kier alpha value is -2.00. The van der Waals surface area contributed by atoms with Crippen molar-refractivity contribution in [1.29, 1.82) is 0 Å². The quantitative estimate of drug-likeness (QED) is 0.828. The Bertz CT molecular complexity index is 586. The summed E-state index contributed by atoms with van der Waals surface area (Å²) in [5, 5.41) is 0. The van der Waals surface area contributed by atoms with Gasteiger partial charge in [-0.2, -0.15) is 0 Å². The second-order valence-electron chi connectivity index (χ2n) is 5.55. The fourth-order valence-corrected chi connectivity index (χ4v) is 2.67. The summed E-state index contributed by atoms with van der Waals surface area (Å²) in [6, 6.07) is 16.4. The highest BCUT2D eigenvalue weighted by Gasteiger charge is 2.16. The molecule has 1 atom stereocenters. The van der Waals surface area contributed by atoms with Gasteiger partial charge in [-0.15, -0.1) is 0 Å². The Labute approximate surface area is 131 Å². The van der Waals surface area contributed by atoms with Gasteiger partial charge in [0.2, 0.25) is 0 Å². The standard InChI is InChI=1S/C19H22O3/c1-20-17-11-9-15(10-12-17)14-16-6-2-3-7-18(16)22-19-8-4-5-13-21-19/h2-3,6-7,9-12,19H,4-5,8,13-14H2,1H3/t19-/m0/s1. The highest BCUT2D eigenvalue weighted by molar-refractivity contribution is 5.38. The molecule has 1 saturated heterocycles. The SMILES string of the molecule is COc1ccc(Cc2ccccc2O[C@H]2CCCCO2)cc1. The Morgan fingerprint density at radius 1 is 1.05 bits per heavy atom. The van der Waals surface area contributed by atoms with Crippen LogP contribution >= 0.6 is 0 Å². The van der Waals surface area contributed by atoms with Crippen LogP contribution < -0.4 is 9.47 Å². The summed E-state index contributed by atoms with van der Waals surface area (Å²) in [6.07, 6.45) is 4.01. The van der Waals surface area contributed by atoms with E-state index in [-0.39, 0.29) is 6.29 Å². The van der Waals surface area contributed by atoms with E-state index in [1.807, 2.05) is 30.3 Å². The van der Waals surface area contributed by atoms with Gasteiger partial charge in [-0.05, 0) is 42.2 Å². The van der Waals surface area contributed by atoms with Gasteiger partial charge in [-0.1, -0.05) is 30.3 Å². The molecule has 0 aliphatic carbocycles. The number of benzene rings is 2. The van der Waals surface area contributed by atoms with Crippen molar-refractivity contribution < 1.29 is 14.2 Å². The molecule has 0 saturated carbocycles. The van der Waals surface area contributed by atoms with E-state index in [4.69, 9.17) is 14.2 Å². The molecule has 3 nitrogen and oxygen atoms in total. The van der Waals surface area contributed by atoms with E-state index < -0.39 is 0 Å². The normalized spacial score (nSPS) is 18.0. The van der Waals surface area contributed by atoms with Gasteiger partial charge in [0.1, 0.15) is 11.5 Å². The van der Waals surface area contributed by atoms with E-state index in [0.717, 1.165) is 37.4 Å². The van der Waals surface area contributed by atoms with E-state index in [1.165, 1.54) is 17.5 Å². The van der Waals surface area contributed by atoms with Crippen LogP contribution in [0.1, 0.15) is 30.4 Å². The van der Waals surface area contributed by atoms with Crippen molar-refractivity contribution in [2.75, 3.05) is 13.7 Å². The summed E-state index contributed by atoms with van der Waals surface area (Å²) in [5.74, 6) is 1.80. The van der Waals surface area contributed by atoms with Gasteiger partial charge in [0.05, 0.1) is 13.7 Å². The average molecular weight is 298 g/mol. The minimum absolute atomic E-state index is 0.106. The second kappa shape index (κ2) is 7.32. The number of ether oxygens (including phenoxy) is 3. The number of para-hydroxylation sites is 1. The van der Waals surface area contributed by atoms with Crippen LogP contribution in [0.3, 0.4) is 0 Å². The molecule has 3 heteroatoms. The zero-order valence-electron chi connectivity index (χ0n) is 13.0. The van der Waals surface area contributed by atoms with Gasteiger partial charge < -0.3 is 14.2 Å². The number of hydrogen-bond donors (Lipinski definition) is 0. The second-order valence-corrected chi connectivity index (χ2v) is 5.55. The highest BCUT2D eigenvalue weighted by atomic mass is 16.7.